The van der Waals surface area contributed by atoms with Gasteiger partial charge in [0.15, 0.2) is 0 Å². The van der Waals surface area contributed by atoms with Crippen LogP contribution in [0, 0.1) is 0 Å². The summed E-state index contributed by atoms with van der Waals surface area (Å²) in [5, 5.41) is 0. The molecule has 0 spiro atoms. The van der Waals surface area contributed by atoms with Crippen LogP contribution < -0.4 is 11.5 Å². The number of hydrogen-bond donors (Lipinski definition) is 2. The smallest absolute Gasteiger partial charge is 0.113 e. The Balaban J connectivity index is 3.42. The van der Waals surface area contributed by atoms with Gasteiger partial charge in [0.2, 0.25) is 0 Å². The highest BCUT2D eigenvalue weighted by Gasteiger charge is 1.69. The van der Waals surface area contributed by atoms with Gasteiger partial charge in [0.05, 0.1) is 12.5 Å². The van der Waals surface area contributed by atoms with Crippen LogP contribution in [0.15, 0.2) is 9.98 Å². The fraction of sp³-hybridized carbons (Fsp3) is 0.500. The van der Waals surface area contributed by atoms with Crippen molar-refractivity contribution in [1.29, 1.82) is 0 Å². The molecular weight excluding hydrogens is 104 g/mol. The monoisotopic (exact) mass is 114 g/mol. The highest BCUT2D eigenvalue weighted by atomic mass is 14.9. The highest BCUT2D eigenvalue weighted by Crippen LogP contribution is 1.62. The van der Waals surface area contributed by atoms with Crippen molar-refractivity contribution in [1.82, 2.24) is 0 Å². The fourth-order valence-corrected chi connectivity index (χ4v) is 0.179. The summed E-state index contributed by atoms with van der Waals surface area (Å²) >= 11 is 0. The Morgan fingerprint density at radius 1 is 1.75 bits per heavy atom. The zero-order chi connectivity index (χ0) is 6.41. The number of nitrogens with zero attached hydrogens (tertiary/aromatic N) is 2. The minimum Gasteiger partial charge on any atom is -0.387 e. The summed E-state index contributed by atoms with van der Waals surface area (Å²) in [7, 11) is 0. The van der Waals surface area contributed by atoms with Crippen molar-refractivity contribution in [3.05, 3.63) is 0 Å². The molecule has 0 saturated carbocycles. The van der Waals surface area contributed by atoms with E-state index in [1.54, 1.807) is 6.92 Å². The van der Waals surface area contributed by atoms with Gasteiger partial charge in [0.25, 0.3) is 0 Å². The minimum absolute atomic E-state index is 0.261. The van der Waals surface area contributed by atoms with Crippen molar-refractivity contribution >= 4 is 12.2 Å². The number of nitrogens with two attached hydrogens (primary N) is 2. The van der Waals surface area contributed by atoms with Crippen LogP contribution in [0.25, 0.3) is 0 Å². The van der Waals surface area contributed by atoms with Gasteiger partial charge in [-0.25, -0.2) is 4.99 Å². The summed E-state index contributed by atoms with van der Waals surface area (Å²) in [5.74, 6) is 0.488. The summed E-state index contributed by atoms with van der Waals surface area (Å²) in [6, 6.07) is 0. The molecular formula is C4H10N4. The maximum atomic E-state index is 5.15. The first kappa shape index (κ1) is 7.10. The molecule has 0 heterocycles. The van der Waals surface area contributed by atoms with Crippen LogP contribution in [0.1, 0.15) is 6.92 Å². The first-order valence-corrected chi connectivity index (χ1v) is 2.25. The molecule has 0 aromatic carbocycles. The zero-order valence-electron chi connectivity index (χ0n) is 4.83. The molecule has 0 atom stereocenters. The molecule has 0 aromatic heterocycles. The van der Waals surface area contributed by atoms with E-state index in [0.717, 1.165) is 0 Å². The molecule has 0 aliphatic rings. The first-order valence-electron chi connectivity index (χ1n) is 2.25. The molecule has 0 bridgehead atoms. The van der Waals surface area contributed by atoms with E-state index in [1.165, 1.54) is 6.34 Å². The zero-order valence-corrected chi connectivity index (χ0v) is 4.83. The van der Waals surface area contributed by atoms with E-state index in [4.69, 9.17) is 11.5 Å². The summed E-state index contributed by atoms with van der Waals surface area (Å²) in [6.07, 6.45) is 1.34. The van der Waals surface area contributed by atoms with E-state index >= 15 is 0 Å². The Bertz CT molecular complexity index is 101. The predicted octanol–water partition coefficient (Wildman–Crippen LogP) is -0.692. The van der Waals surface area contributed by atoms with Crippen LogP contribution >= 0.6 is 0 Å². The molecule has 0 rings (SSSR count). The van der Waals surface area contributed by atoms with Crippen LogP contribution in [-0.4, -0.2) is 18.8 Å². The van der Waals surface area contributed by atoms with Crippen molar-refractivity contribution in [2.24, 2.45) is 21.5 Å². The quantitative estimate of drug-likeness (QED) is 0.368. The molecule has 0 amide bonds. The Hall–Kier alpha value is -0.900. The molecule has 4 nitrogen and oxygen atoms in total. The van der Waals surface area contributed by atoms with Gasteiger partial charge in [-0.1, -0.05) is 0 Å². The molecule has 8 heavy (non-hydrogen) atoms. The van der Waals surface area contributed by atoms with Crippen molar-refractivity contribution in [3.8, 4) is 0 Å². The lowest BCUT2D eigenvalue weighted by atomic mass is 10.7. The Kier molecular flexibility index (Phi) is 3.78. The van der Waals surface area contributed by atoms with Gasteiger partial charge in [-0.15, -0.1) is 0 Å². The molecule has 0 fully saturated rings. The lowest BCUT2D eigenvalue weighted by Gasteiger charge is -1.81. The number of amidine groups is 1. The van der Waals surface area contributed by atoms with Crippen LogP contribution in [-0.2, 0) is 0 Å². The van der Waals surface area contributed by atoms with Gasteiger partial charge in [0, 0.05) is 0 Å². The molecule has 46 valence electrons. The van der Waals surface area contributed by atoms with Crippen LogP contribution in [0.4, 0.5) is 0 Å². The number of rotatable bonds is 2. The van der Waals surface area contributed by atoms with Gasteiger partial charge in [-0.3, -0.25) is 4.99 Å². The molecule has 0 unspecified atom stereocenters. The average molecular weight is 114 g/mol. The van der Waals surface area contributed by atoms with E-state index in [1.807, 2.05) is 0 Å². The third-order valence-electron chi connectivity index (χ3n) is 0.448. The number of hydrogen-bond acceptors (Lipinski definition) is 2. The maximum absolute atomic E-state index is 5.15. The molecule has 0 radical (unpaired) electrons. The average Bonchev–Trinajstić information content (AvgIpc) is 1.66. The topological polar surface area (TPSA) is 76.8 Å². The van der Waals surface area contributed by atoms with Gasteiger partial charge in [-0.05, 0) is 6.92 Å². The molecule has 0 saturated heterocycles. The van der Waals surface area contributed by atoms with Gasteiger partial charge in [-0.2, -0.15) is 0 Å². The van der Waals surface area contributed by atoms with Crippen LogP contribution in [0.3, 0.4) is 0 Å². The molecule has 0 aromatic rings. The van der Waals surface area contributed by atoms with Crippen molar-refractivity contribution < 1.29 is 0 Å². The van der Waals surface area contributed by atoms with Gasteiger partial charge < -0.3 is 11.5 Å². The molecule has 0 aliphatic heterocycles. The van der Waals surface area contributed by atoms with E-state index < -0.39 is 0 Å². The normalized spacial score (nSPS) is 13.0. The summed E-state index contributed by atoms with van der Waals surface area (Å²) in [5.41, 5.74) is 10.2. The van der Waals surface area contributed by atoms with Crippen molar-refractivity contribution in [2.45, 2.75) is 6.92 Å². The predicted molar refractivity (Wildman–Crippen MR) is 34.8 cm³/mol. The second-order valence-corrected chi connectivity index (χ2v) is 1.25. The van der Waals surface area contributed by atoms with E-state index in [9.17, 15) is 0 Å². The second-order valence-electron chi connectivity index (χ2n) is 1.25. The third-order valence-corrected chi connectivity index (χ3v) is 0.448. The highest BCUT2D eigenvalue weighted by molar-refractivity contribution is 5.85. The van der Waals surface area contributed by atoms with Crippen LogP contribution in [0.5, 0.6) is 0 Å². The fourth-order valence-electron chi connectivity index (χ4n) is 0.179. The second kappa shape index (κ2) is 4.26. The SMILES string of the molecule is CC(N)=N/C=N/CN. The van der Waals surface area contributed by atoms with Crippen molar-refractivity contribution in [2.75, 3.05) is 6.67 Å². The Morgan fingerprint density at radius 2 is 2.38 bits per heavy atom. The van der Waals surface area contributed by atoms with Crippen LogP contribution in [0.2, 0.25) is 0 Å². The molecule has 4 heteroatoms. The lowest BCUT2D eigenvalue weighted by molar-refractivity contribution is 1.07. The van der Waals surface area contributed by atoms with E-state index in [2.05, 4.69) is 9.98 Å². The van der Waals surface area contributed by atoms with Gasteiger partial charge in [0.1, 0.15) is 6.34 Å². The number of aliphatic imine (C=N–C) groups is 2. The minimum atomic E-state index is 0.261. The largest absolute Gasteiger partial charge is 0.387 e. The summed E-state index contributed by atoms with van der Waals surface area (Å²) in [4.78, 5) is 7.23. The maximum Gasteiger partial charge on any atom is 0.113 e. The van der Waals surface area contributed by atoms with E-state index in [-0.39, 0.29) is 6.67 Å². The Labute approximate surface area is 48.3 Å². The van der Waals surface area contributed by atoms with Gasteiger partial charge >= 0.3 is 0 Å². The summed E-state index contributed by atoms with van der Waals surface area (Å²) in [6.45, 7) is 1.94. The van der Waals surface area contributed by atoms with Crippen molar-refractivity contribution in [3.63, 3.8) is 0 Å². The Morgan fingerprint density at radius 3 is 2.75 bits per heavy atom. The first-order chi connectivity index (χ1) is 3.77. The standard InChI is InChI=1S/C4H10N4/c1-4(6)8-3-7-2-5/h3H,2,5H2,1H3,(H2,6,7,8). The summed E-state index contributed by atoms with van der Waals surface area (Å²) < 4.78 is 0. The molecule has 4 N–H and O–H groups in total. The van der Waals surface area contributed by atoms with E-state index in [0.29, 0.717) is 5.84 Å². The lowest BCUT2D eigenvalue weighted by Crippen LogP contribution is -2.05. The third kappa shape index (κ3) is 5.10. The molecule has 0 aliphatic carbocycles.